The third-order valence-electron chi connectivity index (χ3n) is 3.46. The number of fused-ring (bicyclic) bond motifs is 2. The number of nitrogens with zero attached hydrogens (tertiary/aromatic N) is 1. The second-order valence-corrected chi connectivity index (χ2v) is 4.70. The van der Waals surface area contributed by atoms with E-state index in [0.29, 0.717) is 11.3 Å². The van der Waals surface area contributed by atoms with Gasteiger partial charge in [-0.25, -0.2) is 0 Å². The first kappa shape index (κ1) is 10.4. The Bertz CT molecular complexity index is 495. The van der Waals surface area contributed by atoms with Gasteiger partial charge in [-0.05, 0) is 19.1 Å². The zero-order valence-electron chi connectivity index (χ0n) is 9.96. The average Bonchev–Trinajstić information content (AvgIpc) is 2.34. The van der Waals surface area contributed by atoms with Gasteiger partial charge < -0.3 is 4.74 Å². The largest absolute Gasteiger partial charge is 0.469 e. The van der Waals surface area contributed by atoms with Crippen LogP contribution in [0.2, 0.25) is 0 Å². The maximum Gasteiger partial charge on any atom is 0.260 e. The summed E-state index contributed by atoms with van der Waals surface area (Å²) in [7, 11) is 0. The van der Waals surface area contributed by atoms with Crippen LogP contribution in [0, 0.1) is 5.92 Å². The molecule has 1 aromatic rings. The van der Waals surface area contributed by atoms with Gasteiger partial charge in [0.1, 0.15) is 5.75 Å². The number of carbonyl (C=O) groups excluding carboxylic acids is 1. The maximum atomic E-state index is 12.4. The number of rotatable bonds is 0. The van der Waals surface area contributed by atoms with Gasteiger partial charge in [0.25, 0.3) is 5.91 Å². The number of hydrogen-bond acceptors (Lipinski definition) is 2. The summed E-state index contributed by atoms with van der Waals surface area (Å²) in [4.78, 5) is 14.2. The van der Waals surface area contributed by atoms with E-state index in [4.69, 9.17) is 4.74 Å². The van der Waals surface area contributed by atoms with Crippen molar-refractivity contribution in [1.29, 1.82) is 0 Å². The molecule has 17 heavy (non-hydrogen) atoms. The van der Waals surface area contributed by atoms with Crippen LogP contribution in [0.3, 0.4) is 0 Å². The Balaban J connectivity index is 2.08. The molecule has 0 radical (unpaired) electrons. The SMILES string of the molecule is C[C@@H]1C=C[C@H](C)N2C(=O)c3ccccc3OC12. The van der Waals surface area contributed by atoms with E-state index in [1.165, 1.54) is 0 Å². The van der Waals surface area contributed by atoms with Crippen molar-refractivity contribution in [3.8, 4) is 5.75 Å². The molecule has 0 N–H and O–H groups in total. The standard InChI is InChI=1S/C14H15NO2/c1-9-7-8-10(2)15-13(16)11-5-3-4-6-12(11)17-14(9)15/h3-10,14H,1-2H3/t9-,10+,14?/m1/s1. The van der Waals surface area contributed by atoms with E-state index in [-0.39, 0.29) is 24.1 Å². The second kappa shape index (κ2) is 3.62. The van der Waals surface area contributed by atoms with Gasteiger partial charge in [0.05, 0.1) is 11.6 Å². The van der Waals surface area contributed by atoms with Gasteiger partial charge in [0.2, 0.25) is 0 Å². The fraction of sp³-hybridized carbons (Fsp3) is 0.357. The molecule has 0 saturated heterocycles. The number of para-hydroxylation sites is 1. The highest BCUT2D eigenvalue weighted by molar-refractivity contribution is 5.98. The molecule has 1 unspecified atom stereocenters. The lowest BCUT2D eigenvalue weighted by Gasteiger charge is -2.43. The summed E-state index contributed by atoms with van der Waals surface area (Å²) in [5, 5.41) is 0. The second-order valence-electron chi connectivity index (χ2n) is 4.70. The van der Waals surface area contributed by atoms with E-state index >= 15 is 0 Å². The zero-order valence-corrected chi connectivity index (χ0v) is 9.96. The van der Waals surface area contributed by atoms with E-state index in [9.17, 15) is 4.79 Å². The molecule has 0 spiro atoms. The molecule has 1 aromatic carbocycles. The Morgan fingerprint density at radius 3 is 2.76 bits per heavy atom. The quantitative estimate of drug-likeness (QED) is 0.639. The Labute approximate surface area is 101 Å². The minimum absolute atomic E-state index is 0.0700. The lowest BCUT2D eigenvalue weighted by atomic mass is 9.97. The topological polar surface area (TPSA) is 29.5 Å². The summed E-state index contributed by atoms with van der Waals surface area (Å²) >= 11 is 0. The molecular formula is C14H15NO2. The summed E-state index contributed by atoms with van der Waals surface area (Å²) in [5.74, 6) is 0.997. The summed E-state index contributed by atoms with van der Waals surface area (Å²) < 4.78 is 5.94. The highest BCUT2D eigenvalue weighted by Crippen LogP contribution is 2.34. The number of carbonyl (C=O) groups is 1. The van der Waals surface area contributed by atoms with Crippen LogP contribution in [0.5, 0.6) is 5.75 Å². The first-order valence-corrected chi connectivity index (χ1v) is 5.95. The Morgan fingerprint density at radius 2 is 1.94 bits per heavy atom. The predicted molar refractivity (Wildman–Crippen MR) is 64.8 cm³/mol. The van der Waals surface area contributed by atoms with Crippen LogP contribution in [-0.4, -0.2) is 23.1 Å². The average molecular weight is 229 g/mol. The van der Waals surface area contributed by atoms with Crippen molar-refractivity contribution in [3.05, 3.63) is 42.0 Å². The lowest BCUT2D eigenvalue weighted by molar-refractivity contribution is -0.0214. The summed E-state index contributed by atoms with van der Waals surface area (Å²) in [5.41, 5.74) is 0.665. The van der Waals surface area contributed by atoms with Gasteiger partial charge >= 0.3 is 0 Å². The molecule has 1 amide bonds. The fourth-order valence-electron chi connectivity index (χ4n) is 2.49. The van der Waals surface area contributed by atoms with Crippen molar-refractivity contribution in [1.82, 2.24) is 4.90 Å². The van der Waals surface area contributed by atoms with Crippen molar-refractivity contribution in [2.45, 2.75) is 26.1 Å². The molecule has 0 saturated carbocycles. The molecule has 3 rings (SSSR count). The molecule has 88 valence electrons. The van der Waals surface area contributed by atoms with Crippen molar-refractivity contribution < 1.29 is 9.53 Å². The smallest absolute Gasteiger partial charge is 0.260 e. The van der Waals surface area contributed by atoms with E-state index < -0.39 is 0 Å². The van der Waals surface area contributed by atoms with Crippen LogP contribution in [-0.2, 0) is 0 Å². The number of benzene rings is 1. The minimum Gasteiger partial charge on any atom is -0.469 e. The molecule has 2 aliphatic rings. The molecule has 0 fully saturated rings. The zero-order chi connectivity index (χ0) is 12.0. The molecule has 3 heteroatoms. The highest BCUT2D eigenvalue weighted by Gasteiger charge is 2.40. The molecule has 0 aliphatic carbocycles. The minimum atomic E-state index is -0.169. The van der Waals surface area contributed by atoms with Gasteiger partial charge in [-0.1, -0.05) is 31.2 Å². The maximum absolute atomic E-state index is 12.4. The lowest BCUT2D eigenvalue weighted by Crippen LogP contribution is -2.55. The van der Waals surface area contributed by atoms with E-state index in [1.807, 2.05) is 36.1 Å². The fourth-order valence-corrected chi connectivity index (χ4v) is 2.49. The number of hydrogen-bond donors (Lipinski definition) is 0. The number of ether oxygens (including phenoxy) is 1. The molecule has 3 nitrogen and oxygen atoms in total. The van der Waals surface area contributed by atoms with Crippen LogP contribution in [0.4, 0.5) is 0 Å². The number of amides is 1. The predicted octanol–water partition coefficient (Wildman–Crippen LogP) is 2.44. The summed E-state index contributed by atoms with van der Waals surface area (Å²) in [6.45, 7) is 4.09. The Kier molecular flexibility index (Phi) is 2.21. The molecule has 0 bridgehead atoms. The van der Waals surface area contributed by atoms with Crippen LogP contribution >= 0.6 is 0 Å². The van der Waals surface area contributed by atoms with Crippen molar-refractivity contribution >= 4 is 5.91 Å². The normalized spacial score (nSPS) is 30.6. The van der Waals surface area contributed by atoms with Gasteiger partial charge in [0.15, 0.2) is 6.23 Å². The summed E-state index contributed by atoms with van der Waals surface area (Å²) in [6.07, 6.45) is 4.01. The van der Waals surface area contributed by atoms with Crippen LogP contribution < -0.4 is 4.74 Å². The van der Waals surface area contributed by atoms with E-state index in [2.05, 4.69) is 19.1 Å². The highest BCUT2D eigenvalue weighted by atomic mass is 16.5. The van der Waals surface area contributed by atoms with Gasteiger partial charge in [-0.3, -0.25) is 9.69 Å². The third kappa shape index (κ3) is 1.46. The van der Waals surface area contributed by atoms with Crippen molar-refractivity contribution in [2.24, 2.45) is 5.92 Å². The molecule has 0 aromatic heterocycles. The van der Waals surface area contributed by atoms with Crippen LogP contribution in [0.25, 0.3) is 0 Å². The molecule has 2 heterocycles. The van der Waals surface area contributed by atoms with Crippen molar-refractivity contribution in [2.75, 3.05) is 0 Å². The van der Waals surface area contributed by atoms with Crippen LogP contribution in [0.1, 0.15) is 24.2 Å². The Hall–Kier alpha value is -1.77. The summed E-state index contributed by atoms with van der Waals surface area (Å²) in [6, 6.07) is 7.55. The first-order chi connectivity index (χ1) is 8.18. The third-order valence-corrected chi connectivity index (χ3v) is 3.46. The van der Waals surface area contributed by atoms with E-state index in [1.54, 1.807) is 0 Å². The van der Waals surface area contributed by atoms with E-state index in [0.717, 1.165) is 0 Å². The molecular weight excluding hydrogens is 214 g/mol. The van der Waals surface area contributed by atoms with Gasteiger partial charge in [0, 0.05) is 5.92 Å². The molecule has 3 atom stereocenters. The first-order valence-electron chi connectivity index (χ1n) is 5.95. The molecule has 2 aliphatic heterocycles. The van der Waals surface area contributed by atoms with Crippen molar-refractivity contribution in [3.63, 3.8) is 0 Å². The monoisotopic (exact) mass is 229 g/mol. The van der Waals surface area contributed by atoms with Gasteiger partial charge in [-0.15, -0.1) is 0 Å². The van der Waals surface area contributed by atoms with Crippen LogP contribution in [0.15, 0.2) is 36.4 Å². The van der Waals surface area contributed by atoms with Gasteiger partial charge in [-0.2, -0.15) is 0 Å². The Morgan fingerprint density at radius 1 is 1.18 bits per heavy atom.